The van der Waals surface area contributed by atoms with E-state index in [9.17, 15) is 0 Å². The van der Waals surface area contributed by atoms with Gasteiger partial charge in [0.15, 0.2) is 0 Å². The number of ether oxygens (including phenoxy) is 1. The van der Waals surface area contributed by atoms with Crippen LogP contribution < -0.4 is 0 Å². The lowest BCUT2D eigenvalue weighted by atomic mass is 9.76. The van der Waals surface area contributed by atoms with Gasteiger partial charge in [-0.25, -0.2) is 0 Å². The second-order valence-corrected chi connectivity index (χ2v) is 4.00. The van der Waals surface area contributed by atoms with Crippen LogP contribution >= 0.6 is 0 Å². The third-order valence-corrected chi connectivity index (χ3v) is 2.84. The quantitative estimate of drug-likeness (QED) is 0.617. The van der Waals surface area contributed by atoms with Crippen molar-refractivity contribution in [2.24, 2.45) is 17.8 Å². The van der Waals surface area contributed by atoms with Crippen molar-refractivity contribution in [2.45, 2.75) is 32.9 Å². The summed E-state index contributed by atoms with van der Waals surface area (Å²) >= 11 is 0. The summed E-state index contributed by atoms with van der Waals surface area (Å²) < 4.78 is 5.42. The van der Waals surface area contributed by atoms with Crippen LogP contribution in [0.15, 0.2) is 0 Å². The molecule has 1 heterocycles. The Balaban J connectivity index is 2.66. The Labute approximate surface area is 75.7 Å². The predicted octanol–water partition coefficient (Wildman–Crippen LogP) is 0.780. The van der Waals surface area contributed by atoms with E-state index in [0.717, 1.165) is 0 Å². The summed E-state index contributed by atoms with van der Waals surface area (Å²) in [6, 6.07) is -0.199. The van der Waals surface area contributed by atoms with Gasteiger partial charge < -0.3 is 9.84 Å². The molecule has 0 bridgehead atoms. The van der Waals surface area contributed by atoms with Crippen molar-refractivity contribution < 1.29 is 9.84 Å². The summed E-state index contributed by atoms with van der Waals surface area (Å²) in [4.78, 5) is 0. The Bertz CT molecular complexity index is 149. The van der Waals surface area contributed by atoms with E-state index in [1.165, 1.54) is 0 Å². The smallest absolute Gasteiger partial charge is 0.109 e. The van der Waals surface area contributed by atoms with Gasteiger partial charge in [0, 0.05) is 6.00 Å². The van der Waals surface area contributed by atoms with Crippen LogP contribution in [0.25, 0.3) is 0 Å². The minimum Gasteiger partial charge on any atom is -0.394 e. The first-order valence-electron chi connectivity index (χ1n) is 4.59. The first-order valence-corrected chi connectivity index (χ1v) is 4.59. The molecule has 1 aliphatic heterocycles. The Morgan fingerprint density at radius 3 is 2.42 bits per heavy atom. The van der Waals surface area contributed by atoms with Gasteiger partial charge in [-0.2, -0.15) is 0 Å². The molecule has 0 spiro atoms. The van der Waals surface area contributed by atoms with Crippen molar-refractivity contribution in [1.82, 2.24) is 0 Å². The van der Waals surface area contributed by atoms with Gasteiger partial charge >= 0.3 is 0 Å². The average Bonchev–Trinajstić information content (AvgIpc) is 2.28. The van der Waals surface area contributed by atoms with E-state index >= 15 is 0 Å². The Hall–Kier alpha value is -0.0151. The Kier molecular flexibility index (Phi) is 3.19. The van der Waals surface area contributed by atoms with Gasteiger partial charge in [0.1, 0.15) is 7.85 Å². The topological polar surface area (TPSA) is 29.5 Å². The molecule has 12 heavy (non-hydrogen) atoms. The molecule has 2 radical (unpaired) electrons. The molecule has 0 aromatic heterocycles. The molecule has 0 amide bonds. The molecule has 2 nitrogen and oxygen atoms in total. The van der Waals surface area contributed by atoms with E-state index in [-0.39, 0.29) is 18.7 Å². The summed E-state index contributed by atoms with van der Waals surface area (Å²) in [6.07, 6.45) is -0.0602. The Morgan fingerprint density at radius 2 is 2.08 bits per heavy atom. The van der Waals surface area contributed by atoms with Gasteiger partial charge in [-0.15, -0.1) is 0 Å². The molecular weight excluding hydrogens is 151 g/mol. The zero-order valence-electron chi connectivity index (χ0n) is 8.03. The van der Waals surface area contributed by atoms with Crippen LogP contribution in [0.4, 0.5) is 0 Å². The van der Waals surface area contributed by atoms with Crippen LogP contribution in [-0.2, 0) is 4.74 Å². The number of aliphatic hydroxyl groups is 1. The molecule has 0 aliphatic carbocycles. The molecular formula is C9H17BO2. The van der Waals surface area contributed by atoms with Gasteiger partial charge in [-0.3, -0.25) is 0 Å². The van der Waals surface area contributed by atoms with Crippen molar-refractivity contribution in [3.63, 3.8) is 0 Å². The lowest BCUT2D eigenvalue weighted by Gasteiger charge is -2.23. The van der Waals surface area contributed by atoms with Crippen LogP contribution in [-0.4, -0.2) is 31.7 Å². The van der Waals surface area contributed by atoms with E-state index in [2.05, 4.69) is 20.8 Å². The SMILES string of the molecule is [B]C1OC(CO)C(C(C)C)C1C. The summed E-state index contributed by atoms with van der Waals surface area (Å²) in [6.45, 7) is 6.46. The maximum atomic E-state index is 9.04. The summed E-state index contributed by atoms with van der Waals surface area (Å²) in [5.74, 6) is 1.26. The standard InChI is InChI=1S/C9H17BO2/c1-5(2)8-6(3)9(10)12-7(8)4-11/h5-9,11H,4H2,1-3H3. The molecule has 1 aliphatic rings. The highest BCUT2D eigenvalue weighted by atomic mass is 16.5. The minimum atomic E-state index is -0.199. The monoisotopic (exact) mass is 168 g/mol. The molecule has 4 unspecified atom stereocenters. The first-order chi connectivity index (χ1) is 5.57. The normalized spacial score (nSPS) is 42.4. The van der Waals surface area contributed by atoms with Gasteiger partial charge in [-0.05, 0) is 17.8 Å². The number of hydrogen-bond donors (Lipinski definition) is 1. The third-order valence-electron chi connectivity index (χ3n) is 2.84. The molecule has 1 fully saturated rings. The van der Waals surface area contributed by atoms with Crippen LogP contribution in [0.1, 0.15) is 20.8 Å². The minimum absolute atomic E-state index is 0.0602. The van der Waals surface area contributed by atoms with Gasteiger partial charge in [0.25, 0.3) is 0 Å². The van der Waals surface area contributed by atoms with Crippen molar-refractivity contribution in [2.75, 3.05) is 6.61 Å². The zero-order valence-corrected chi connectivity index (χ0v) is 8.03. The maximum Gasteiger partial charge on any atom is 0.109 e. The van der Waals surface area contributed by atoms with Crippen LogP contribution in [0.3, 0.4) is 0 Å². The van der Waals surface area contributed by atoms with Crippen molar-refractivity contribution in [3.8, 4) is 0 Å². The lowest BCUT2D eigenvalue weighted by molar-refractivity contribution is 0.0187. The molecule has 1 N–H and O–H groups in total. The molecule has 1 rings (SSSR count). The molecule has 3 heteroatoms. The maximum absolute atomic E-state index is 9.04. The zero-order chi connectivity index (χ0) is 9.30. The van der Waals surface area contributed by atoms with Gasteiger partial charge in [0.05, 0.1) is 12.7 Å². The summed E-state index contributed by atoms with van der Waals surface area (Å²) in [7, 11) is 5.74. The average molecular weight is 168 g/mol. The highest BCUT2D eigenvalue weighted by Crippen LogP contribution is 2.35. The van der Waals surface area contributed by atoms with E-state index in [0.29, 0.717) is 17.8 Å². The predicted molar refractivity (Wildman–Crippen MR) is 49.0 cm³/mol. The molecule has 1 saturated heterocycles. The second kappa shape index (κ2) is 3.80. The van der Waals surface area contributed by atoms with E-state index in [1.807, 2.05) is 0 Å². The van der Waals surface area contributed by atoms with Crippen molar-refractivity contribution in [1.29, 1.82) is 0 Å². The molecule has 0 saturated carbocycles. The Morgan fingerprint density at radius 1 is 1.50 bits per heavy atom. The molecule has 0 aromatic carbocycles. The van der Waals surface area contributed by atoms with Crippen LogP contribution in [0.5, 0.6) is 0 Å². The first kappa shape index (κ1) is 10.1. The largest absolute Gasteiger partial charge is 0.394 e. The van der Waals surface area contributed by atoms with Crippen LogP contribution in [0.2, 0.25) is 0 Å². The molecule has 68 valence electrons. The fourth-order valence-corrected chi connectivity index (χ4v) is 2.18. The van der Waals surface area contributed by atoms with Crippen molar-refractivity contribution >= 4 is 7.85 Å². The highest BCUT2D eigenvalue weighted by molar-refractivity contribution is 6.11. The number of hydrogen-bond acceptors (Lipinski definition) is 2. The summed E-state index contributed by atoms with van der Waals surface area (Å²) in [5, 5.41) is 9.04. The highest BCUT2D eigenvalue weighted by Gasteiger charge is 2.39. The molecule has 0 aromatic rings. The van der Waals surface area contributed by atoms with E-state index < -0.39 is 0 Å². The van der Waals surface area contributed by atoms with Gasteiger partial charge in [-0.1, -0.05) is 20.8 Å². The van der Waals surface area contributed by atoms with Gasteiger partial charge in [0.2, 0.25) is 0 Å². The second-order valence-electron chi connectivity index (χ2n) is 4.00. The van der Waals surface area contributed by atoms with Crippen molar-refractivity contribution in [3.05, 3.63) is 0 Å². The van der Waals surface area contributed by atoms with E-state index in [4.69, 9.17) is 17.7 Å². The fraction of sp³-hybridized carbons (Fsp3) is 1.00. The van der Waals surface area contributed by atoms with Crippen LogP contribution in [0, 0.1) is 17.8 Å². The third kappa shape index (κ3) is 1.67. The summed E-state index contributed by atoms with van der Waals surface area (Å²) in [5.41, 5.74) is 0. The lowest BCUT2D eigenvalue weighted by Crippen LogP contribution is -2.27. The van der Waals surface area contributed by atoms with E-state index in [1.54, 1.807) is 0 Å². The molecule has 4 atom stereocenters. The number of aliphatic hydroxyl groups excluding tert-OH is 1. The number of rotatable bonds is 2. The fourth-order valence-electron chi connectivity index (χ4n) is 2.18.